The second-order valence-corrected chi connectivity index (χ2v) is 6.63. The molecule has 0 aliphatic carbocycles. The minimum Gasteiger partial charge on any atom is -0.507 e. The lowest BCUT2D eigenvalue weighted by Gasteiger charge is -2.48. The molecule has 1 aromatic rings. The number of benzene rings is 1. The molecule has 3 rings (SSSR count). The first-order valence-corrected chi connectivity index (χ1v) is 8.07. The molecule has 2 aliphatic heterocycles. The van der Waals surface area contributed by atoms with E-state index in [0.29, 0.717) is 16.9 Å². The van der Waals surface area contributed by atoms with Gasteiger partial charge in [-0.25, -0.2) is 9.59 Å². The first-order valence-electron chi connectivity index (χ1n) is 7.02. The van der Waals surface area contributed by atoms with E-state index in [2.05, 4.69) is 0 Å². The van der Waals surface area contributed by atoms with E-state index in [4.69, 9.17) is 10.8 Å². The molecule has 24 heavy (non-hydrogen) atoms. The molecule has 2 heterocycles. The zero-order chi connectivity index (χ0) is 17.6. The van der Waals surface area contributed by atoms with Gasteiger partial charge >= 0.3 is 11.9 Å². The number of aliphatic carboxylic acids is 1. The lowest BCUT2D eigenvalue weighted by molar-refractivity contribution is -0.148. The summed E-state index contributed by atoms with van der Waals surface area (Å²) in [5.74, 6) is -2.90. The highest BCUT2D eigenvalue weighted by atomic mass is 32.2. The SMILES string of the molecule is N[C@@H]1C(=O)N2C(C(=O)O)=C(Cc3ccc(O)c(C(=O)O)c3)CS[C@@H]12. The number of aromatic carboxylic acids is 1. The third-order valence-electron chi connectivity index (χ3n) is 4.00. The van der Waals surface area contributed by atoms with E-state index in [-0.39, 0.29) is 28.8 Å². The number of carbonyl (C=O) groups is 3. The number of nitrogens with zero attached hydrogens (tertiary/aromatic N) is 1. The van der Waals surface area contributed by atoms with Crippen molar-refractivity contribution >= 4 is 29.6 Å². The minimum atomic E-state index is -1.27. The summed E-state index contributed by atoms with van der Waals surface area (Å²) < 4.78 is 0. The molecule has 0 radical (unpaired) electrons. The predicted octanol–water partition coefficient (Wildman–Crippen LogP) is 0.214. The van der Waals surface area contributed by atoms with Gasteiger partial charge < -0.3 is 21.1 Å². The van der Waals surface area contributed by atoms with E-state index < -0.39 is 23.9 Å². The third-order valence-corrected chi connectivity index (χ3v) is 5.36. The van der Waals surface area contributed by atoms with Gasteiger partial charge in [0.1, 0.15) is 28.4 Å². The van der Waals surface area contributed by atoms with Crippen molar-refractivity contribution in [1.82, 2.24) is 4.90 Å². The molecule has 2 atom stereocenters. The molecule has 8 nitrogen and oxygen atoms in total. The van der Waals surface area contributed by atoms with E-state index in [9.17, 15) is 24.6 Å². The Labute approximate surface area is 140 Å². The Morgan fingerprint density at radius 3 is 2.62 bits per heavy atom. The van der Waals surface area contributed by atoms with E-state index in [1.54, 1.807) is 0 Å². The van der Waals surface area contributed by atoms with Crippen molar-refractivity contribution in [1.29, 1.82) is 0 Å². The van der Waals surface area contributed by atoms with Crippen molar-refractivity contribution in [3.8, 4) is 5.75 Å². The zero-order valence-electron chi connectivity index (χ0n) is 12.3. The van der Waals surface area contributed by atoms with Crippen LogP contribution in [0.3, 0.4) is 0 Å². The Hall–Kier alpha value is -2.52. The molecule has 1 fully saturated rings. The molecule has 1 amide bonds. The average molecular weight is 350 g/mol. The van der Waals surface area contributed by atoms with Crippen LogP contribution in [-0.2, 0) is 16.0 Å². The van der Waals surface area contributed by atoms with Gasteiger partial charge in [0.2, 0.25) is 5.91 Å². The first kappa shape index (κ1) is 16.3. The molecule has 1 aromatic carbocycles. The number of thioether (sulfide) groups is 1. The number of amides is 1. The van der Waals surface area contributed by atoms with Crippen LogP contribution in [0.4, 0.5) is 0 Å². The number of nitrogens with two attached hydrogens (primary N) is 1. The first-order chi connectivity index (χ1) is 11.3. The van der Waals surface area contributed by atoms with Gasteiger partial charge in [-0.3, -0.25) is 9.69 Å². The van der Waals surface area contributed by atoms with E-state index in [1.165, 1.54) is 34.9 Å². The van der Waals surface area contributed by atoms with Crippen molar-refractivity contribution in [3.05, 3.63) is 40.6 Å². The van der Waals surface area contributed by atoms with E-state index in [0.717, 1.165) is 0 Å². The van der Waals surface area contributed by atoms with Crippen LogP contribution in [0.5, 0.6) is 5.75 Å². The van der Waals surface area contributed by atoms with Gasteiger partial charge in [-0.2, -0.15) is 0 Å². The van der Waals surface area contributed by atoms with Crippen LogP contribution in [0.15, 0.2) is 29.5 Å². The average Bonchev–Trinajstić information content (AvgIpc) is 2.54. The van der Waals surface area contributed by atoms with Crippen molar-refractivity contribution in [3.63, 3.8) is 0 Å². The fourth-order valence-corrected chi connectivity index (χ4v) is 4.12. The standard InChI is InChI=1S/C15H14N2O6S/c16-10-12(19)17-11(15(22)23)7(5-24-13(10)17)3-6-1-2-9(18)8(4-6)14(20)21/h1-2,4,10,13,18H,3,5,16H2,(H,20,21)(H,22,23)/t10-,13+/m1/s1. The maximum atomic E-state index is 11.9. The second kappa shape index (κ2) is 5.84. The van der Waals surface area contributed by atoms with Gasteiger partial charge in [-0.1, -0.05) is 6.07 Å². The van der Waals surface area contributed by atoms with Crippen LogP contribution in [0.1, 0.15) is 15.9 Å². The summed E-state index contributed by atoms with van der Waals surface area (Å²) >= 11 is 1.38. The van der Waals surface area contributed by atoms with Crippen molar-refractivity contribution in [2.75, 3.05) is 5.75 Å². The zero-order valence-corrected chi connectivity index (χ0v) is 13.1. The maximum absolute atomic E-state index is 11.9. The Morgan fingerprint density at radius 2 is 2.00 bits per heavy atom. The smallest absolute Gasteiger partial charge is 0.352 e. The van der Waals surface area contributed by atoms with Crippen LogP contribution in [0.2, 0.25) is 0 Å². The fraction of sp³-hybridized carbons (Fsp3) is 0.267. The van der Waals surface area contributed by atoms with E-state index in [1.807, 2.05) is 0 Å². The summed E-state index contributed by atoms with van der Waals surface area (Å²) in [5, 5.41) is 27.7. The molecule has 0 saturated carbocycles. The molecule has 2 aliphatic rings. The lowest BCUT2D eigenvalue weighted by atomic mass is 9.98. The number of carboxylic acid groups (broad SMARTS) is 2. The van der Waals surface area contributed by atoms with Gasteiger partial charge in [0, 0.05) is 5.75 Å². The summed E-state index contributed by atoms with van der Waals surface area (Å²) in [6.07, 6.45) is 0.168. The Balaban J connectivity index is 1.96. The van der Waals surface area contributed by atoms with Crippen LogP contribution in [0.25, 0.3) is 0 Å². The molecule has 9 heteroatoms. The van der Waals surface area contributed by atoms with Crippen LogP contribution in [-0.4, -0.2) is 55.2 Å². The van der Waals surface area contributed by atoms with Gasteiger partial charge in [0.25, 0.3) is 0 Å². The van der Waals surface area contributed by atoms with Crippen molar-refractivity contribution in [2.24, 2.45) is 5.73 Å². The molecule has 126 valence electrons. The van der Waals surface area contributed by atoms with Gasteiger partial charge in [0.05, 0.1) is 0 Å². The largest absolute Gasteiger partial charge is 0.507 e. The number of fused-ring (bicyclic) bond motifs is 1. The predicted molar refractivity (Wildman–Crippen MR) is 84.5 cm³/mol. The molecule has 1 saturated heterocycles. The molecular weight excluding hydrogens is 336 g/mol. The normalized spacial score (nSPS) is 22.9. The van der Waals surface area contributed by atoms with Crippen LogP contribution >= 0.6 is 11.8 Å². The Bertz CT molecular complexity index is 790. The molecule has 0 unspecified atom stereocenters. The molecule has 0 spiro atoms. The van der Waals surface area contributed by atoms with Crippen molar-refractivity contribution < 1.29 is 29.7 Å². The molecular formula is C15H14N2O6S. The topological polar surface area (TPSA) is 141 Å². The third kappa shape index (κ3) is 2.51. The Kier molecular flexibility index (Phi) is 3.98. The summed E-state index contributed by atoms with van der Waals surface area (Å²) in [7, 11) is 0. The molecule has 0 bridgehead atoms. The highest BCUT2D eigenvalue weighted by Crippen LogP contribution is 2.40. The van der Waals surface area contributed by atoms with Gasteiger partial charge in [0.15, 0.2) is 0 Å². The molecule has 0 aromatic heterocycles. The number of carboxylic acids is 2. The number of phenols is 1. The number of β-lactam (4-membered cyclic amide) rings is 1. The number of aromatic hydroxyl groups is 1. The van der Waals surface area contributed by atoms with Crippen LogP contribution in [0, 0.1) is 0 Å². The summed E-state index contributed by atoms with van der Waals surface area (Å²) in [5.41, 5.74) is 6.39. The fourth-order valence-electron chi connectivity index (χ4n) is 2.83. The highest BCUT2D eigenvalue weighted by Gasteiger charge is 2.51. The number of hydrogen-bond acceptors (Lipinski definition) is 6. The summed E-state index contributed by atoms with van der Waals surface area (Å²) in [6.45, 7) is 0. The number of hydrogen-bond donors (Lipinski definition) is 4. The summed E-state index contributed by atoms with van der Waals surface area (Å²) in [6, 6.07) is 3.38. The lowest BCUT2D eigenvalue weighted by Crippen LogP contribution is -2.68. The van der Waals surface area contributed by atoms with Crippen molar-refractivity contribution in [2.45, 2.75) is 17.8 Å². The van der Waals surface area contributed by atoms with E-state index >= 15 is 0 Å². The monoisotopic (exact) mass is 350 g/mol. The summed E-state index contributed by atoms with van der Waals surface area (Å²) in [4.78, 5) is 35.7. The van der Waals surface area contributed by atoms with Crippen LogP contribution < -0.4 is 5.73 Å². The minimum absolute atomic E-state index is 0.0876. The highest BCUT2D eigenvalue weighted by molar-refractivity contribution is 8.00. The Morgan fingerprint density at radius 1 is 1.29 bits per heavy atom. The molecule has 5 N–H and O–H groups in total. The second-order valence-electron chi connectivity index (χ2n) is 5.53. The van der Waals surface area contributed by atoms with Gasteiger partial charge in [-0.15, -0.1) is 11.8 Å². The number of carbonyl (C=O) groups excluding carboxylic acids is 1. The van der Waals surface area contributed by atoms with Gasteiger partial charge in [-0.05, 0) is 29.7 Å². The quantitative estimate of drug-likeness (QED) is 0.565. The number of rotatable bonds is 4. The maximum Gasteiger partial charge on any atom is 0.352 e.